The summed E-state index contributed by atoms with van der Waals surface area (Å²) in [5.74, 6) is 3.82. The number of ether oxygens (including phenoxy) is 1. The maximum absolute atomic E-state index is 6.47. The number of aromatic nitrogens is 4. The molecule has 13 rings (SSSR count). The smallest absolute Gasteiger partial charge is 0.164 e. The van der Waals surface area contributed by atoms with E-state index < -0.39 is 0 Å². The molecule has 0 fully saturated rings. The number of fused-ring (bicyclic) bond motifs is 6. The van der Waals surface area contributed by atoms with Crippen molar-refractivity contribution in [3.63, 3.8) is 0 Å². The van der Waals surface area contributed by atoms with Crippen LogP contribution in [0.2, 0.25) is 0 Å². The van der Waals surface area contributed by atoms with E-state index in [2.05, 4.69) is 226 Å². The van der Waals surface area contributed by atoms with E-state index in [9.17, 15) is 0 Å². The lowest BCUT2D eigenvalue weighted by atomic mass is 9.85. The van der Waals surface area contributed by atoms with E-state index in [1.54, 1.807) is 0 Å². The van der Waals surface area contributed by atoms with E-state index in [0.717, 1.165) is 73.6 Å². The Balaban J connectivity index is 1.09. The Kier molecular flexibility index (Phi) is 10.5. The summed E-state index contributed by atoms with van der Waals surface area (Å²) >= 11 is 0. The molecule has 344 valence electrons. The molecule has 3 heterocycles. The Morgan fingerprint density at radius 3 is 1.49 bits per heavy atom. The quantitative estimate of drug-likeness (QED) is 0.152. The number of para-hydroxylation sites is 1. The topological polar surface area (TPSA) is 52.8 Å². The van der Waals surface area contributed by atoms with Crippen molar-refractivity contribution in [1.82, 2.24) is 19.5 Å². The van der Waals surface area contributed by atoms with Crippen LogP contribution in [0.15, 0.2) is 236 Å². The van der Waals surface area contributed by atoms with Gasteiger partial charge in [-0.05, 0) is 99.3 Å². The fourth-order valence-electron chi connectivity index (χ4n) is 10.6. The van der Waals surface area contributed by atoms with E-state index in [1.165, 1.54) is 44.2 Å². The summed E-state index contributed by atoms with van der Waals surface area (Å²) in [5, 5.41) is 2.37. The van der Waals surface area contributed by atoms with Crippen LogP contribution in [0.3, 0.4) is 0 Å². The highest BCUT2D eigenvalue weighted by Crippen LogP contribution is 2.48. The van der Waals surface area contributed by atoms with Gasteiger partial charge >= 0.3 is 0 Å². The van der Waals surface area contributed by atoms with Crippen LogP contribution in [0.1, 0.15) is 50.1 Å². The van der Waals surface area contributed by atoms with Gasteiger partial charge in [0.05, 0.1) is 16.7 Å². The number of allylic oxidation sites excluding steroid dienone is 4. The normalized spacial score (nSPS) is 14.1. The van der Waals surface area contributed by atoms with Crippen molar-refractivity contribution in [3.05, 3.63) is 253 Å². The third-order valence-corrected chi connectivity index (χ3v) is 14.4. The maximum Gasteiger partial charge on any atom is 0.164 e. The van der Waals surface area contributed by atoms with E-state index in [4.69, 9.17) is 19.7 Å². The zero-order chi connectivity index (χ0) is 48.3. The highest BCUT2D eigenvalue weighted by Gasteiger charge is 2.32. The van der Waals surface area contributed by atoms with E-state index in [1.807, 2.05) is 30.3 Å². The highest BCUT2D eigenvalue weighted by molar-refractivity contribution is 6.13. The molecular weight excluding hydrogens is 877 g/mol. The third-order valence-electron chi connectivity index (χ3n) is 14.4. The first-order chi connectivity index (χ1) is 35.3. The molecule has 2 aliphatic rings. The molecule has 0 saturated heterocycles. The fraction of sp³-hybridized carbons (Fsp3) is 0.0896. The molecule has 9 aromatic carbocycles. The molecule has 5 nitrogen and oxygen atoms in total. The Hall–Kier alpha value is -8.93. The Morgan fingerprint density at radius 2 is 0.917 bits per heavy atom. The van der Waals surface area contributed by atoms with Gasteiger partial charge in [-0.2, -0.15) is 0 Å². The largest absolute Gasteiger partial charge is 0.461 e. The number of benzene rings is 9. The van der Waals surface area contributed by atoms with Gasteiger partial charge in [-0.3, -0.25) is 0 Å². The molecule has 0 saturated carbocycles. The van der Waals surface area contributed by atoms with Gasteiger partial charge in [0.15, 0.2) is 17.5 Å². The lowest BCUT2D eigenvalue weighted by Gasteiger charge is -2.23. The molecule has 5 heteroatoms. The van der Waals surface area contributed by atoms with Crippen molar-refractivity contribution < 1.29 is 4.74 Å². The Morgan fingerprint density at radius 1 is 0.444 bits per heavy atom. The molecule has 0 N–H and O–H groups in total. The molecule has 0 spiro atoms. The van der Waals surface area contributed by atoms with Crippen LogP contribution in [0, 0.1) is 0 Å². The molecule has 2 aromatic heterocycles. The van der Waals surface area contributed by atoms with E-state index >= 15 is 0 Å². The van der Waals surface area contributed by atoms with Crippen molar-refractivity contribution >= 4 is 27.4 Å². The van der Waals surface area contributed by atoms with Crippen molar-refractivity contribution in [2.75, 3.05) is 0 Å². The minimum Gasteiger partial charge on any atom is -0.461 e. The molecule has 1 unspecified atom stereocenters. The van der Waals surface area contributed by atoms with Crippen molar-refractivity contribution in [3.8, 4) is 78.7 Å². The monoisotopic (exact) mass is 926 g/mol. The second-order valence-corrected chi connectivity index (χ2v) is 20.0. The van der Waals surface area contributed by atoms with Gasteiger partial charge in [0, 0.05) is 50.1 Å². The number of hydrogen-bond acceptors (Lipinski definition) is 4. The van der Waals surface area contributed by atoms with Gasteiger partial charge in [-0.15, -0.1) is 0 Å². The predicted molar refractivity (Wildman–Crippen MR) is 296 cm³/mol. The van der Waals surface area contributed by atoms with Gasteiger partial charge < -0.3 is 9.30 Å². The molecule has 0 bridgehead atoms. The standard InChI is InChI=1S/C67H50N4O/c1-67(2,3)52-33-28-46(29-34-52)56-41-51(66-69-64(47-24-14-7-15-25-47)68-65(70-66)50-30-35-54-53-26-16-17-27-61(53)72-62(54)42-50)40-55(45-22-12-6-13-23-45)63(56)71-59-36-31-48(43-18-8-4-9-19-43)38-57(59)58-39-49(32-37-60(58)71)44-20-10-5-11-21-44/h4-34,36-42,54H,35H2,1-3H3. The van der Waals surface area contributed by atoms with Crippen LogP contribution >= 0.6 is 0 Å². The lowest BCUT2D eigenvalue weighted by Crippen LogP contribution is -2.10. The molecule has 0 radical (unpaired) electrons. The molecule has 1 atom stereocenters. The summed E-state index contributed by atoms with van der Waals surface area (Å²) in [6.45, 7) is 6.81. The van der Waals surface area contributed by atoms with Crippen LogP contribution in [0.5, 0.6) is 5.75 Å². The highest BCUT2D eigenvalue weighted by atomic mass is 16.5. The summed E-state index contributed by atoms with van der Waals surface area (Å²) < 4.78 is 8.96. The first-order valence-corrected chi connectivity index (χ1v) is 24.9. The summed E-state index contributed by atoms with van der Waals surface area (Å²) in [5.41, 5.74) is 17.5. The summed E-state index contributed by atoms with van der Waals surface area (Å²) in [4.78, 5) is 15.9. The molecule has 1 aliphatic heterocycles. The van der Waals surface area contributed by atoms with Gasteiger partial charge in [-0.1, -0.05) is 203 Å². The summed E-state index contributed by atoms with van der Waals surface area (Å²) in [7, 11) is 0. The second-order valence-electron chi connectivity index (χ2n) is 20.0. The number of hydrogen-bond donors (Lipinski definition) is 0. The minimum atomic E-state index is -0.0251. The fourth-order valence-corrected chi connectivity index (χ4v) is 10.6. The minimum absolute atomic E-state index is 0.0251. The van der Waals surface area contributed by atoms with Crippen molar-refractivity contribution in [1.29, 1.82) is 0 Å². The number of nitrogens with zero attached hydrogens (tertiary/aromatic N) is 4. The molecule has 72 heavy (non-hydrogen) atoms. The Labute approximate surface area is 420 Å². The maximum atomic E-state index is 6.47. The van der Waals surface area contributed by atoms with Gasteiger partial charge in [0.1, 0.15) is 11.5 Å². The molecule has 0 amide bonds. The van der Waals surface area contributed by atoms with Gasteiger partial charge in [-0.25, -0.2) is 15.0 Å². The third kappa shape index (κ3) is 7.71. The van der Waals surface area contributed by atoms with Gasteiger partial charge in [0.2, 0.25) is 0 Å². The number of rotatable bonds is 8. The van der Waals surface area contributed by atoms with Crippen molar-refractivity contribution in [2.45, 2.75) is 38.5 Å². The molecular formula is C67H50N4O. The van der Waals surface area contributed by atoms with Crippen LogP contribution in [-0.4, -0.2) is 19.5 Å². The predicted octanol–water partition coefficient (Wildman–Crippen LogP) is 17.1. The summed E-state index contributed by atoms with van der Waals surface area (Å²) in [6.07, 6.45) is 5.17. The first kappa shape index (κ1) is 43.1. The zero-order valence-corrected chi connectivity index (χ0v) is 40.4. The van der Waals surface area contributed by atoms with Gasteiger partial charge in [0.25, 0.3) is 0 Å². The molecule has 1 aliphatic carbocycles. The lowest BCUT2D eigenvalue weighted by molar-refractivity contribution is 0.426. The van der Waals surface area contributed by atoms with Crippen molar-refractivity contribution in [2.24, 2.45) is 0 Å². The van der Waals surface area contributed by atoms with Crippen LogP contribution < -0.4 is 4.74 Å². The van der Waals surface area contributed by atoms with E-state index in [-0.39, 0.29) is 11.3 Å². The average Bonchev–Trinajstić information content (AvgIpc) is 3.98. The van der Waals surface area contributed by atoms with Crippen LogP contribution in [0.4, 0.5) is 0 Å². The SMILES string of the molecule is CC(C)(C)c1ccc(-c2cc(-c3nc(C4=CCC5C(=C4)Oc4ccccc45)nc(-c4ccccc4)n3)cc(-c3ccccc3)c2-n2c3ccc(-c4ccccc4)cc3c3cc(-c4ccccc4)ccc32)cc1. The zero-order valence-electron chi connectivity index (χ0n) is 40.4. The first-order valence-electron chi connectivity index (χ1n) is 24.9. The Bertz CT molecular complexity index is 3830. The second kappa shape index (κ2) is 17.5. The van der Waals surface area contributed by atoms with Crippen LogP contribution in [-0.2, 0) is 5.41 Å². The molecule has 11 aromatic rings. The summed E-state index contributed by atoms with van der Waals surface area (Å²) in [6, 6.07) is 78.3. The van der Waals surface area contributed by atoms with E-state index in [0.29, 0.717) is 17.5 Å². The van der Waals surface area contributed by atoms with Crippen LogP contribution in [0.25, 0.3) is 100 Å². The average molecular weight is 927 g/mol.